The molecule has 3 saturated carbocycles. The topological polar surface area (TPSA) is 60.4 Å². The maximum Gasteiger partial charge on any atom is 0.303 e. The zero-order chi connectivity index (χ0) is 19.4. The van der Waals surface area contributed by atoms with Gasteiger partial charge < -0.3 is 4.74 Å². The van der Waals surface area contributed by atoms with Gasteiger partial charge in [-0.15, -0.1) is 0 Å². The Morgan fingerprint density at radius 3 is 2.63 bits per heavy atom. The summed E-state index contributed by atoms with van der Waals surface area (Å²) in [4.78, 5) is 36.7. The third kappa shape index (κ3) is 2.79. The molecular formula is C22H29BrO4. The van der Waals surface area contributed by atoms with Crippen LogP contribution in [0.3, 0.4) is 0 Å². The Morgan fingerprint density at radius 2 is 1.93 bits per heavy atom. The minimum absolute atomic E-state index is 0.0146. The summed E-state index contributed by atoms with van der Waals surface area (Å²) in [6.07, 6.45) is 9.28. The highest BCUT2D eigenvalue weighted by Crippen LogP contribution is 2.66. The van der Waals surface area contributed by atoms with Gasteiger partial charge in [0.15, 0.2) is 17.2 Å². The van der Waals surface area contributed by atoms with Crippen LogP contribution in [0.25, 0.3) is 0 Å². The van der Waals surface area contributed by atoms with E-state index in [9.17, 15) is 14.4 Å². The molecule has 0 aromatic rings. The van der Waals surface area contributed by atoms with Crippen molar-refractivity contribution in [3.05, 3.63) is 11.6 Å². The molecule has 0 aliphatic heterocycles. The predicted molar refractivity (Wildman–Crippen MR) is 105 cm³/mol. The highest BCUT2D eigenvalue weighted by Gasteiger charge is 2.67. The molecule has 4 aliphatic rings. The van der Waals surface area contributed by atoms with Crippen LogP contribution in [0.5, 0.6) is 0 Å². The van der Waals surface area contributed by atoms with Gasteiger partial charge in [-0.3, -0.25) is 14.4 Å². The predicted octanol–water partition coefficient (Wildman–Crippen LogP) is 4.39. The van der Waals surface area contributed by atoms with E-state index < -0.39 is 5.60 Å². The van der Waals surface area contributed by atoms with Crippen LogP contribution < -0.4 is 0 Å². The number of esters is 1. The van der Waals surface area contributed by atoms with Gasteiger partial charge >= 0.3 is 5.97 Å². The first kappa shape index (κ1) is 19.4. The van der Waals surface area contributed by atoms with Crippen LogP contribution in [0.15, 0.2) is 11.6 Å². The molecule has 0 aromatic carbocycles. The number of rotatable bonds is 3. The highest BCUT2D eigenvalue weighted by molar-refractivity contribution is 9.09. The van der Waals surface area contributed by atoms with Crippen LogP contribution in [-0.2, 0) is 19.1 Å². The summed E-state index contributed by atoms with van der Waals surface area (Å²) in [5.74, 6) is 2.09. The molecule has 148 valence electrons. The quantitative estimate of drug-likeness (QED) is 0.485. The molecule has 0 bridgehead atoms. The summed E-state index contributed by atoms with van der Waals surface area (Å²) < 4.78 is 5.85. The van der Waals surface area contributed by atoms with Gasteiger partial charge in [0.25, 0.3) is 0 Å². The number of hydrogen-bond donors (Lipinski definition) is 0. The lowest BCUT2D eigenvalue weighted by Gasteiger charge is -2.55. The molecule has 0 saturated heterocycles. The van der Waals surface area contributed by atoms with E-state index in [2.05, 4.69) is 22.9 Å². The van der Waals surface area contributed by atoms with Gasteiger partial charge in [0.05, 0.1) is 5.33 Å². The van der Waals surface area contributed by atoms with E-state index in [1.165, 1.54) is 12.5 Å². The van der Waals surface area contributed by atoms with Gasteiger partial charge in [0, 0.05) is 18.8 Å². The number of carbonyl (C=O) groups excluding carboxylic acids is 3. The second-order valence-electron chi connectivity index (χ2n) is 9.28. The monoisotopic (exact) mass is 436 g/mol. The average molecular weight is 437 g/mol. The van der Waals surface area contributed by atoms with Crippen molar-refractivity contribution in [1.29, 1.82) is 0 Å². The summed E-state index contributed by atoms with van der Waals surface area (Å²) in [5, 5.41) is 0.230. The summed E-state index contributed by atoms with van der Waals surface area (Å²) >= 11 is 3.33. The number of ketones is 2. The minimum Gasteiger partial charge on any atom is -0.451 e. The normalized spacial score (nSPS) is 43.2. The molecule has 6 atom stereocenters. The third-order valence-corrected chi connectivity index (χ3v) is 8.82. The van der Waals surface area contributed by atoms with E-state index in [0.29, 0.717) is 36.5 Å². The lowest BCUT2D eigenvalue weighted by molar-refractivity contribution is -0.185. The highest BCUT2D eigenvalue weighted by atomic mass is 79.9. The number of halogens is 1. The van der Waals surface area contributed by atoms with Crippen molar-refractivity contribution in [3.8, 4) is 0 Å². The molecule has 0 N–H and O–H groups in total. The largest absolute Gasteiger partial charge is 0.451 e. The fourth-order valence-electron chi connectivity index (χ4n) is 7.21. The second kappa shape index (κ2) is 6.82. The Kier molecular flexibility index (Phi) is 4.89. The van der Waals surface area contributed by atoms with Crippen molar-refractivity contribution < 1.29 is 19.1 Å². The first-order valence-electron chi connectivity index (χ1n) is 10.3. The van der Waals surface area contributed by atoms with E-state index in [4.69, 9.17) is 4.74 Å². The van der Waals surface area contributed by atoms with Crippen LogP contribution in [0.1, 0.15) is 65.2 Å². The molecule has 27 heavy (non-hydrogen) atoms. The van der Waals surface area contributed by atoms with E-state index in [1.807, 2.05) is 6.08 Å². The van der Waals surface area contributed by atoms with Gasteiger partial charge in [-0.2, -0.15) is 0 Å². The second-order valence-corrected chi connectivity index (χ2v) is 9.84. The first-order valence-corrected chi connectivity index (χ1v) is 11.5. The smallest absolute Gasteiger partial charge is 0.303 e. The van der Waals surface area contributed by atoms with E-state index in [-0.39, 0.29) is 28.3 Å². The molecule has 0 aromatic heterocycles. The van der Waals surface area contributed by atoms with Crippen molar-refractivity contribution in [2.45, 2.75) is 70.8 Å². The van der Waals surface area contributed by atoms with Gasteiger partial charge in [0.2, 0.25) is 0 Å². The van der Waals surface area contributed by atoms with Crippen molar-refractivity contribution in [1.82, 2.24) is 0 Å². The molecule has 0 spiro atoms. The minimum atomic E-state index is -0.976. The molecule has 4 rings (SSSR count). The number of fused-ring (bicyclic) bond motifs is 5. The lowest BCUT2D eigenvalue weighted by atomic mass is 9.50. The molecule has 0 radical (unpaired) electrons. The van der Waals surface area contributed by atoms with Crippen LogP contribution in [0.2, 0.25) is 0 Å². The van der Waals surface area contributed by atoms with Gasteiger partial charge in [0.1, 0.15) is 0 Å². The summed E-state index contributed by atoms with van der Waals surface area (Å²) in [5.41, 5.74) is 0.115. The zero-order valence-corrected chi connectivity index (χ0v) is 17.8. The van der Waals surface area contributed by atoms with Crippen molar-refractivity contribution in [2.24, 2.45) is 29.1 Å². The maximum absolute atomic E-state index is 13.0. The van der Waals surface area contributed by atoms with Crippen molar-refractivity contribution >= 4 is 33.5 Å². The fourth-order valence-corrected chi connectivity index (χ4v) is 7.67. The standard InChI is InChI=1S/C22H29BrO4/c1-13(24)27-22(20(26)12-23)10-8-19-18-5-3-14-11-15(25)4-6-16(14)17(18)7-9-21(19,22)2/h11,16-19H,3-10,12H2,1-2H3/t16-,17+,18+,19-,21-,22+/m0/s1. The van der Waals surface area contributed by atoms with E-state index in [0.717, 1.165) is 38.5 Å². The summed E-state index contributed by atoms with van der Waals surface area (Å²) in [6, 6.07) is 0. The SMILES string of the molecule is CC(=O)O[C@@]1(C(=O)CBr)CC[C@H]2[C@@H]3CCC4=CC(=O)CC[C@@H]4[C@H]3CC[C@@]21C. The van der Waals surface area contributed by atoms with Gasteiger partial charge in [-0.05, 0) is 74.7 Å². The van der Waals surface area contributed by atoms with Crippen molar-refractivity contribution in [3.63, 3.8) is 0 Å². The van der Waals surface area contributed by atoms with Crippen molar-refractivity contribution in [2.75, 3.05) is 5.33 Å². The summed E-state index contributed by atoms with van der Waals surface area (Å²) in [6.45, 7) is 3.61. The number of Topliss-reactive ketones (excluding diaryl/α,β-unsaturated/α-hetero) is 1. The average Bonchev–Trinajstić information content (AvgIpc) is 2.93. The summed E-state index contributed by atoms with van der Waals surface area (Å²) in [7, 11) is 0. The number of carbonyl (C=O) groups is 3. The number of hydrogen-bond acceptors (Lipinski definition) is 4. The molecule has 5 heteroatoms. The number of ether oxygens (including phenoxy) is 1. The molecular weight excluding hydrogens is 408 g/mol. The van der Waals surface area contributed by atoms with Gasteiger partial charge in [-0.1, -0.05) is 28.4 Å². The molecule has 0 amide bonds. The Hall–Kier alpha value is -0.970. The number of alkyl halides is 1. The van der Waals surface area contributed by atoms with Gasteiger partial charge in [-0.25, -0.2) is 0 Å². The molecule has 4 nitrogen and oxygen atoms in total. The van der Waals surface area contributed by atoms with E-state index in [1.54, 1.807) is 0 Å². The van der Waals surface area contributed by atoms with Crippen LogP contribution in [0, 0.1) is 29.1 Å². The Balaban J connectivity index is 1.67. The third-order valence-electron chi connectivity index (χ3n) is 8.31. The van der Waals surface area contributed by atoms with Crippen LogP contribution in [-0.4, -0.2) is 28.5 Å². The molecule has 0 heterocycles. The zero-order valence-electron chi connectivity index (χ0n) is 16.3. The Morgan fingerprint density at radius 1 is 1.15 bits per heavy atom. The lowest BCUT2D eigenvalue weighted by Crippen LogP contribution is -2.58. The maximum atomic E-state index is 13.0. The van der Waals surface area contributed by atoms with Crippen LogP contribution in [0.4, 0.5) is 0 Å². The number of allylic oxidation sites excluding steroid dienone is 1. The Labute approximate surface area is 169 Å². The molecule has 4 aliphatic carbocycles. The molecule has 0 unspecified atom stereocenters. The molecule has 3 fully saturated rings. The fraction of sp³-hybridized carbons (Fsp3) is 0.773. The van der Waals surface area contributed by atoms with E-state index >= 15 is 0 Å². The first-order chi connectivity index (χ1) is 12.8. The Bertz CT molecular complexity index is 713. The van der Waals surface area contributed by atoms with Crippen LogP contribution >= 0.6 is 15.9 Å².